The van der Waals surface area contributed by atoms with Crippen LogP contribution >= 0.6 is 0 Å². The molecule has 3 nitrogen and oxygen atoms in total. The van der Waals surface area contributed by atoms with Crippen LogP contribution in [0.4, 0.5) is 0 Å². The van der Waals surface area contributed by atoms with Gasteiger partial charge in [-0.3, -0.25) is 0 Å². The Balaban J connectivity index is 1.98. The van der Waals surface area contributed by atoms with Gasteiger partial charge < -0.3 is 14.8 Å². The number of nitrogens with one attached hydrogen (secondary N) is 1. The summed E-state index contributed by atoms with van der Waals surface area (Å²) in [5.74, 6) is 0. The number of benzene rings is 3. The molecule has 3 aromatic rings. The minimum Gasteiger partial charge on any atom is -0.378 e. The molecule has 0 bridgehead atoms. The smallest absolute Gasteiger partial charge is 0.143 e. The van der Waals surface area contributed by atoms with Gasteiger partial charge in [0.15, 0.2) is 0 Å². The fourth-order valence-corrected chi connectivity index (χ4v) is 3.30. The van der Waals surface area contributed by atoms with E-state index in [1.165, 1.54) is 0 Å². The fraction of sp³-hybridized carbons (Fsp3) is 0.250. The van der Waals surface area contributed by atoms with Gasteiger partial charge in [0.2, 0.25) is 0 Å². The molecule has 0 saturated carbocycles. The molecule has 0 amide bonds. The van der Waals surface area contributed by atoms with E-state index in [4.69, 9.17) is 9.47 Å². The Morgan fingerprint density at radius 3 is 1.48 bits per heavy atom. The van der Waals surface area contributed by atoms with Gasteiger partial charge in [-0.1, -0.05) is 91.0 Å². The molecule has 3 aromatic carbocycles. The first kappa shape index (κ1) is 19.3. The van der Waals surface area contributed by atoms with Crippen molar-refractivity contribution in [3.8, 4) is 0 Å². The zero-order valence-electron chi connectivity index (χ0n) is 15.8. The molecule has 0 saturated heterocycles. The topological polar surface area (TPSA) is 30.5 Å². The van der Waals surface area contributed by atoms with Crippen LogP contribution in [0.3, 0.4) is 0 Å². The first-order valence-electron chi connectivity index (χ1n) is 9.41. The third kappa shape index (κ3) is 4.64. The molecule has 140 valence electrons. The monoisotopic (exact) mass is 361 g/mol. The van der Waals surface area contributed by atoms with E-state index in [1.54, 1.807) is 0 Å². The van der Waals surface area contributed by atoms with E-state index in [-0.39, 0.29) is 0 Å². The van der Waals surface area contributed by atoms with E-state index >= 15 is 0 Å². The number of ether oxygens (including phenoxy) is 2. The SMILES string of the molecule is CNCCOCCOC(c1ccccc1)(c1ccccc1)c1ccccc1. The van der Waals surface area contributed by atoms with Gasteiger partial charge in [0.05, 0.1) is 19.8 Å². The lowest BCUT2D eigenvalue weighted by molar-refractivity contribution is -0.0230. The third-order valence-corrected chi connectivity index (χ3v) is 4.58. The lowest BCUT2D eigenvalue weighted by Gasteiger charge is -2.36. The summed E-state index contributed by atoms with van der Waals surface area (Å²) in [5.41, 5.74) is 2.66. The Kier molecular flexibility index (Phi) is 7.17. The van der Waals surface area contributed by atoms with E-state index in [9.17, 15) is 0 Å². The molecule has 0 aliphatic rings. The van der Waals surface area contributed by atoms with Crippen LogP contribution < -0.4 is 5.32 Å². The van der Waals surface area contributed by atoms with Crippen molar-refractivity contribution in [1.29, 1.82) is 0 Å². The minimum atomic E-state index is -0.670. The van der Waals surface area contributed by atoms with Crippen LogP contribution in [0.1, 0.15) is 16.7 Å². The maximum Gasteiger partial charge on any atom is 0.143 e. The maximum absolute atomic E-state index is 6.62. The van der Waals surface area contributed by atoms with Gasteiger partial charge in [-0.25, -0.2) is 0 Å². The van der Waals surface area contributed by atoms with Crippen LogP contribution in [0.2, 0.25) is 0 Å². The highest BCUT2D eigenvalue weighted by Crippen LogP contribution is 2.40. The molecule has 27 heavy (non-hydrogen) atoms. The Morgan fingerprint density at radius 2 is 1.07 bits per heavy atom. The second kappa shape index (κ2) is 10.0. The molecular formula is C24H27NO2. The van der Waals surface area contributed by atoms with E-state index in [1.807, 2.05) is 25.2 Å². The summed E-state index contributed by atoms with van der Waals surface area (Å²) in [6, 6.07) is 31.2. The summed E-state index contributed by atoms with van der Waals surface area (Å²) in [6.45, 7) is 2.56. The number of hydrogen-bond donors (Lipinski definition) is 1. The highest BCUT2D eigenvalue weighted by atomic mass is 16.5. The summed E-state index contributed by atoms with van der Waals surface area (Å²) in [4.78, 5) is 0. The molecule has 0 atom stereocenters. The summed E-state index contributed by atoms with van der Waals surface area (Å²) in [6.07, 6.45) is 0. The Bertz CT molecular complexity index is 679. The molecule has 0 unspecified atom stereocenters. The van der Waals surface area contributed by atoms with Gasteiger partial charge in [-0.15, -0.1) is 0 Å². The number of likely N-dealkylation sites (N-methyl/N-ethyl adjacent to an activating group) is 1. The Morgan fingerprint density at radius 1 is 0.630 bits per heavy atom. The number of rotatable bonds is 10. The summed E-state index contributed by atoms with van der Waals surface area (Å²) >= 11 is 0. The average Bonchev–Trinajstić information content (AvgIpc) is 2.75. The van der Waals surface area contributed by atoms with Crippen molar-refractivity contribution in [2.75, 3.05) is 33.4 Å². The largest absolute Gasteiger partial charge is 0.378 e. The fourth-order valence-electron chi connectivity index (χ4n) is 3.30. The zero-order valence-corrected chi connectivity index (χ0v) is 15.8. The predicted octanol–water partition coefficient (Wildman–Crippen LogP) is 4.23. The molecule has 0 aliphatic heterocycles. The first-order valence-corrected chi connectivity index (χ1v) is 9.41. The van der Waals surface area contributed by atoms with Gasteiger partial charge in [-0.05, 0) is 23.7 Å². The maximum atomic E-state index is 6.62. The normalized spacial score (nSPS) is 11.4. The Hall–Kier alpha value is -2.46. The molecule has 0 fully saturated rings. The molecule has 3 rings (SSSR count). The van der Waals surface area contributed by atoms with Gasteiger partial charge in [0.1, 0.15) is 5.60 Å². The molecular weight excluding hydrogens is 334 g/mol. The molecule has 0 aliphatic carbocycles. The van der Waals surface area contributed by atoms with Crippen molar-refractivity contribution < 1.29 is 9.47 Å². The molecule has 0 heterocycles. The summed E-state index contributed by atoms with van der Waals surface area (Å²) in [5, 5.41) is 3.09. The van der Waals surface area contributed by atoms with Gasteiger partial charge >= 0.3 is 0 Å². The molecule has 0 spiro atoms. The van der Waals surface area contributed by atoms with Gasteiger partial charge in [0, 0.05) is 6.54 Å². The lowest BCUT2D eigenvalue weighted by Crippen LogP contribution is -2.34. The van der Waals surface area contributed by atoms with E-state index in [2.05, 4.69) is 78.1 Å². The zero-order chi connectivity index (χ0) is 18.8. The van der Waals surface area contributed by atoms with Crippen molar-refractivity contribution in [2.24, 2.45) is 0 Å². The van der Waals surface area contributed by atoms with Crippen molar-refractivity contribution in [3.63, 3.8) is 0 Å². The van der Waals surface area contributed by atoms with Crippen LogP contribution in [0.15, 0.2) is 91.0 Å². The highest BCUT2D eigenvalue weighted by molar-refractivity contribution is 5.47. The predicted molar refractivity (Wildman–Crippen MR) is 110 cm³/mol. The van der Waals surface area contributed by atoms with Gasteiger partial charge in [0.25, 0.3) is 0 Å². The molecule has 0 radical (unpaired) electrons. The van der Waals surface area contributed by atoms with E-state index in [0.717, 1.165) is 23.2 Å². The Labute approximate surface area is 162 Å². The average molecular weight is 361 g/mol. The second-order valence-corrected chi connectivity index (χ2v) is 6.34. The van der Waals surface area contributed by atoms with Crippen molar-refractivity contribution >= 4 is 0 Å². The minimum absolute atomic E-state index is 0.502. The molecule has 3 heteroatoms. The third-order valence-electron chi connectivity index (χ3n) is 4.58. The van der Waals surface area contributed by atoms with Crippen LogP contribution in [-0.4, -0.2) is 33.4 Å². The summed E-state index contributed by atoms with van der Waals surface area (Å²) < 4.78 is 12.3. The first-order chi connectivity index (χ1) is 13.4. The second-order valence-electron chi connectivity index (χ2n) is 6.34. The quantitative estimate of drug-likeness (QED) is 0.433. The summed E-state index contributed by atoms with van der Waals surface area (Å²) in [7, 11) is 1.92. The van der Waals surface area contributed by atoms with E-state index in [0.29, 0.717) is 19.8 Å². The van der Waals surface area contributed by atoms with Crippen LogP contribution in [0, 0.1) is 0 Å². The molecule has 1 N–H and O–H groups in total. The van der Waals surface area contributed by atoms with Gasteiger partial charge in [-0.2, -0.15) is 0 Å². The lowest BCUT2D eigenvalue weighted by atomic mass is 9.80. The van der Waals surface area contributed by atoms with Crippen molar-refractivity contribution in [3.05, 3.63) is 108 Å². The van der Waals surface area contributed by atoms with Crippen LogP contribution in [0.25, 0.3) is 0 Å². The van der Waals surface area contributed by atoms with Crippen LogP contribution in [-0.2, 0) is 15.1 Å². The molecule has 0 aromatic heterocycles. The standard InChI is InChI=1S/C24H27NO2/c1-25-17-18-26-19-20-27-24(21-11-5-2-6-12-21,22-13-7-3-8-14-22)23-15-9-4-10-16-23/h2-16,25H,17-20H2,1H3. The highest BCUT2D eigenvalue weighted by Gasteiger charge is 2.37. The van der Waals surface area contributed by atoms with Crippen molar-refractivity contribution in [1.82, 2.24) is 5.32 Å². The van der Waals surface area contributed by atoms with Crippen LogP contribution in [0.5, 0.6) is 0 Å². The van der Waals surface area contributed by atoms with Crippen molar-refractivity contribution in [2.45, 2.75) is 5.60 Å². The van der Waals surface area contributed by atoms with E-state index < -0.39 is 5.60 Å². The number of hydrogen-bond acceptors (Lipinski definition) is 3.